The lowest BCUT2D eigenvalue weighted by Gasteiger charge is -2.14. The van der Waals surface area contributed by atoms with E-state index in [1.807, 2.05) is 62.4 Å². The first-order valence-electron chi connectivity index (χ1n) is 9.45. The lowest BCUT2D eigenvalue weighted by molar-refractivity contribution is -0.122. The number of aryl methyl sites for hydroxylation is 1. The summed E-state index contributed by atoms with van der Waals surface area (Å²) in [5.41, 5.74) is 2.55. The summed E-state index contributed by atoms with van der Waals surface area (Å²) in [6.45, 7) is 5.93. The lowest BCUT2D eigenvalue weighted by atomic mass is 10.1. The Balaban J connectivity index is 1.60. The minimum absolute atomic E-state index is 0.0149. The molecule has 5 nitrogen and oxygen atoms in total. The zero-order valence-corrected chi connectivity index (χ0v) is 16.0. The minimum atomic E-state index is -0.300. The summed E-state index contributed by atoms with van der Waals surface area (Å²) in [6, 6.07) is 15.1. The third-order valence-corrected chi connectivity index (χ3v) is 4.63. The van der Waals surface area contributed by atoms with Gasteiger partial charge in [-0.3, -0.25) is 9.59 Å². The van der Waals surface area contributed by atoms with Gasteiger partial charge in [0.05, 0.1) is 23.6 Å². The number of anilines is 2. The molecule has 0 radical (unpaired) electrons. The van der Waals surface area contributed by atoms with Crippen LogP contribution in [0.25, 0.3) is 0 Å². The van der Waals surface area contributed by atoms with Crippen LogP contribution in [0.1, 0.15) is 32.8 Å². The van der Waals surface area contributed by atoms with Gasteiger partial charge >= 0.3 is 0 Å². The van der Waals surface area contributed by atoms with Crippen LogP contribution >= 0.6 is 0 Å². The van der Waals surface area contributed by atoms with Gasteiger partial charge in [-0.05, 0) is 50.5 Å². The Bertz CT molecular complexity index is 832. The summed E-state index contributed by atoms with van der Waals surface area (Å²) in [4.78, 5) is 25.1. The average Bonchev–Trinajstić information content (AvgIpc) is 3.44. The summed E-state index contributed by atoms with van der Waals surface area (Å²) in [6.07, 6.45) is 1.43. The molecule has 142 valence electrons. The van der Waals surface area contributed by atoms with E-state index in [1.54, 1.807) is 0 Å². The van der Waals surface area contributed by atoms with Crippen LogP contribution in [0.5, 0.6) is 5.75 Å². The highest BCUT2D eigenvalue weighted by molar-refractivity contribution is 6.03. The Labute approximate surface area is 160 Å². The van der Waals surface area contributed by atoms with E-state index in [0.717, 1.165) is 17.7 Å². The second-order valence-electron chi connectivity index (χ2n) is 7.10. The van der Waals surface area contributed by atoms with E-state index in [2.05, 4.69) is 17.6 Å². The number of carbonyl (C=O) groups is 2. The van der Waals surface area contributed by atoms with Crippen LogP contribution in [0.3, 0.4) is 0 Å². The number of amides is 2. The molecule has 0 heterocycles. The number of nitrogens with one attached hydrogen (secondary N) is 2. The predicted molar refractivity (Wildman–Crippen MR) is 107 cm³/mol. The van der Waals surface area contributed by atoms with Gasteiger partial charge in [-0.25, -0.2) is 0 Å². The maximum atomic E-state index is 12.6. The van der Waals surface area contributed by atoms with Gasteiger partial charge in [-0.1, -0.05) is 37.3 Å². The summed E-state index contributed by atoms with van der Waals surface area (Å²) in [7, 11) is 0. The van der Waals surface area contributed by atoms with Crippen LogP contribution in [-0.4, -0.2) is 17.9 Å². The maximum absolute atomic E-state index is 12.6. The van der Waals surface area contributed by atoms with Gasteiger partial charge in [0.15, 0.2) is 0 Å². The van der Waals surface area contributed by atoms with Gasteiger partial charge < -0.3 is 15.4 Å². The highest BCUT2D eigenvalue weighted by Gasteiger charge is 2.48. The van der Waals surface area contributed by atoms with Crippen LogP contribution in [0.4, 0.5) is 11.4 Å². The van der Waals surface area contributed by atoms with Crippen LogP contribution in [-0.2, 0) is 16.0 Å². The number of ether oxygens (including phenoxy) is 1. The van der Waals surface area contributed by atoms with Crippen molar-refractivity contribution in [2.75, 3.05) is 10.6 Å². The summed E-state index contributed by atoms with van der Waals surface area (Å²) in [5.74, 6) is -0.181. The Morgan fingerprint density at radius 3 is 2.15 bits per heavy atom. The fraction of sp³-hybridized carbons (Fsp3) is 0.364. The first-order chi connectivity index (χ1) is 13.0. The third kappa shape index (κ3) is 4.67. The monoisotopic (exact) mass is 366 g/mol. The molecule has 1 saturated carbocycles. The van der Waals surface area contributed by atoms with Gasteiger partial charge in [-0.15, -0.1) is 0 Å². The Kier molecular flexibility index (Phi) is 5.79. The second kappa shape index (κ2) is 8.25. The second-order valence-corrected chi connectivity index (χ2v) is 7.10. The van der Waals surface area contributed by atoms with E-state index >= 15 is 0 Å². The van der Waals surface area contributed by atoms with Crippen molar-refractivity contribution in [2.45, 2.75) is 39.7 Å². The molecule has 27 heavy (non-hydrogen) atoms. The molecule has 2 aromatic carbocycles. The van der Waals surface area contributed by atoms with Crippen LogP contribution in [0.2, 0.25) is 0 Å². The molecule has 2 N–H and O–H groups in total. The summed E-state index contributed by atoms with van der Waals surface area (Å²) in [5, 5.41) is 5.87. The van der Waals surface area contributed by atoms with E-state index in [1.165, 1.54) is 0 Å². The van der Waals surface area contributed by atoms with Gasteiger partial charge in [0, 0.05) is 5.69 Å². The smallest absolute Gasteiger partial charge is 0.228 e. The van der Waals surface area contributed by atoms with E-state index in [0.29, 0.717) is 17.9 Å². The molecule has 2 unspecified atom stereocenters. The van der Waals surface area contributed by atoms with Crippen molar-refractivity contribution in [1.29, 1.82) is 0 Å². The van der Waals surface area contributed by atoms with Crippen molar-refractivity contribution in [3.8, 4) is 5.75 Å². The van der Waals surface area contributed by atoms with Crippen molar-refractivity contribution in [3.63, 3.8) is 0 Å². The maximum Gasteiger partial charge on any atom is 0.228 e. The molecule has 2 atom stereocenters. The molecule has 0 bridgehead atoms. The van der Waals surface area contributed by atoms with Gasteiger partial charge in [0.2, 0.25) is 11.8 Å². The molecular weight excluding hydrogens is 340 g/mol. The van der Waals surface area contributed by atoms with Crippen LogP contribution in [0.15, 0.2) is 48.5 Å². The average molecular weight is 366 g/mol. The number of rotatable bonds is 7. The number of para-hydroxylation sites is 3. The number of hydrogen-bond donors (Lipinski definition) is 2. The standard InChI is InChI=1S/C22H26N2O3/c1-4-15-9-5-6-10-18(15)23-21(25)16-13-17(16)22(26)24-19-11-7-8-12-20(19)27-14(2)3/h5-12,14,16-17H,4,13H2,1-3H3,(H,23,25)(H,24,26). The van der Waals surface area contributed by atoms with Crippen LogP contribution in [0, 0.1) is 11.8 Å². The van der Waals surface area contributed by atoms with Crippen molar-refractivity contribution in [2.24, 2.45) is 11.8 Å². The van der Waals surface area contributed by atoms with Crippen molar-refractivity contribution in [1.82, 2.24) is 0 Å². The summed E-state index contributed by atoms with van der Waals surface area (Å²) >= 11 is 0. The van der Waals surface area contributed by atoms with Gasteiger partial charge in [0.25, 0.3) is 0 Å². The van der Waals surface area contributed by atoms with E-state index < -0.39 is 0 Å². The third-order valence-electron chi connectivity index (χ3n) is 4.63. The molecule has 1 aliphatic rings. The quantitative estimate of drug-likeness (QED) is 0.770. The molecule has 1 aliphatic carbocycles. The fourth-order valence-corrected chi connectivity index (χ4v) is 3.10. The van der Waals surface area contributed by atoms with Crippen molar-refractivity contribution in [3.05, 3.63) is 54.1 Å². The van der Waals surface area contributed by atoms with Crippen molar-refractivity contribution < 1.29 is 14.3 Å². The highest BCUT2D eigenvalue weighted by atomic mass is 16.5. The largest absolute Gasteiger partial charge is 0.489 e. The van der Waals surface area contributed by atoms with E-state index in [4.69, 9.17) is 4.74 Å². The lowest BCUT2D eigenvalue weighted by Crippen LogP contribution is -2.21. The first-order valence-corrected chi connectivity index (χ1v) is 9.45. The molecule has 0 aromatic heterocycles. The minimum Gasteiger partial charge on any atom is -0.489 e. The molecule has 0 saturated heterocycles. The molecule has 0 aliphatic heterocycles. The first kappa shape index (κ1) is 19.0. The van der Waals surface area contributed by atoms with Gasteiger partial charge in [0.1, 0.15) is 5.75 Å². The number of carbonyl (C=O) groups excluding carboxylic acids is 2. The SMILES string of the molecule is CCc1ccccc1NC(=O)C1CC1C(=O)Nc1ccccc1OC(C)C. The number of benzene rings is 2. The molecule has 2 amide bonds. The van der Waals surface area contributed by atoms with Crippen LogP contribution < -0.4 is 15.4 Å². The molecular formula is C22H26N2O3. The molecule has 2 aromatic rings. The predicted octanol–water partition coefficient (Wildman–Crippen LogP) is 4.25. The molecule has 5 heteroatoms. The Morgan fingerprint density at radius 1 is 0.963 bits per heavy atom. The van der Waals surface area contributed by atoms with E-state index in [9.17, 15) is 9.59 Å². The molecule has 0 spiro atoms. The molecule has 3 rings (SSSR count). The van der Waals surface area contributed by atoms with E-state index in [-0.39, 0.29) is 29.8 Å². The summed E-state index contributed by atoms with van der Waals surface area (Å²) < 4.78 is 5.73. The fourth-order valence-electron chi connectivity index (χ4n) is 3.10. The number of hydrogen-bond acceptors (Lipinski definition) is 3. The Hall–Kier alpha value is -2.82. The topological polar surface area (TPSA) is 67.4 Å². The van der Waals surface area contributed by atoms with Gasteiger partial charge in [-0.2, -0.15) is 0 Å². The normalized spacial score (nSPS) is 18.1. The van der Waals surface area contributed by atoms with Crippen molar-refractivity contribution >= 4 is 23.2 Å². The zero-order valence-electron chi connectivity index (χ0n) is 16.0. The zero-order chi connectivity index (χ0) is 19.4. The highest BCUT2D eigenvalue weighted by Crippen LogP contribution is 2.41. The Morgan fingerprint density at radius 2 is 1.52 bits per heavy atom. The molecule has 1 fully saturated rings.